The molecule has 0 radical (unpaired) electrons. The molecule has 1 aromatic carbocycles. The lowest BCUT2D eigenvalue weighted by Crippen LogP contribution is -2.13. The molecule has 0 unspecified atom stereocenters. The van der Waals surface area contributed by atoms with E-state index < -0.39 is 5.97 Å². The number of ether oxygens (including phenoxy) is 1. The van der Waals surface area contributed by atoms with Gasteiger partial charge in [0.2, 0.25) is 0 Å². The summed E-state index contributed by atoms with van der Waals surface area (Å²) >= 11 is 0. The minimum atomic E-state index is -0.423. The lowest BCUT2D eigenvalue weighted by Gasteiger charge is -2.14. The number of carbonyl (C=O) groups excluding carboxylic acids is 1. The van der Waals surface area contributed by atoms with Crippen molar-refractivity contribution in [3.05, 3.63) is 47.3 Å². The Hall–Kier alpha value is -2.61. The van der Waals surface area contributed by atoms with E-state index in [1.54, 1.807) is 35.9 Å². The van der Waals surface area contributed by atoms with Crippen molar-refractivity contribution in [2.24, 2.45) is 0 Å². The van der Waals surface area contributed by atoms with E-state index in [-0.39, 0.29) is 5.41 Å². The van der Waals surface area contributed by atoms with E-state index in [2.05, 4.69) is 11.2 Å². The summed E-state index contributed by atoms with van der Waals surface area (Å²) in [5.74, 6) is -0.423. The van der Waals surface area contributed by atoms with Gasteiger partial charge in [0.25, 0.3) is 0 Å². The fourth-order valence-electron chi connectivity index (χ4n) is 2.00. The number of nitrogens with zero attached hydrogens (tertiary/aromatic N) is 3. The molecule has 0 saturated heterocycles. The summed E-state index contributed by atoms with van der Waals surface area (Å²) in [6, 6.07) is 10.8. The molecule has 22 heavy (non-hydrogen) atoms. The quantitative estimate of drug-likeness (QED) is 0.816. The third-order valence-electron chi connectivity index (χ3n) is 3.18. The Morgan fingerprint density at radius 1 is 1.36 bits per heavy atom. The molecule has 0 aliphatic heterocycles. The molecule has 0 aliphatic carbocycles. The van der Waals surface area contributed by atoms with Crippen LogP contribution in [0.1, 0.15) is 49.4 Å². The van der Waals surface area contributed by atoms with Gasteiger partial charge in [-0.05, 0) is 31.2 Å². The predicted molar refractivity (Wildman–Crippen MR) is 82.9 cm³/mol. The third kappa shape index (κ3) is 3.17. The summed E-state index contributed by atoms with van der Waals surface area (Å²) in [5.41, 5.74) is 2.14. The first-order valence-electron chi connectivity index (χ1n) is 7.15. The number of hydrogen-bond acceptors (Lipinski definition) is 4. The van der Waals surface area contributed by atoms with Gasteiger partial charge in [-0.25, -0.2) is 9.48 Å². The summed E-state index contributed by atoms with van der Waals surface area (Å²) in [5, 5.41) is 13.6. The molecule has 0 spiro atoms. The standard InChI is InChI=1S/C17H19N3O2/c1-5-22-16(21)14-10-15(17(2,3)4)19-20(14)13-8-6-7-12(9-13)11-18/h6-10H,5H2,1-4H3. The normalized spacial score (nSPS) is 11.0. The summed E-state index contributed by atoms with van der Waals surface area (Å²) in [4.78, 5) is 12.2. The first kappa shape index (κ1) is 15.8. The average Bonchev–Trinajstić information content (AvgIpc) is 2.93. The van der Waals surface area contributed by atoms with E-state index >= 15 is 0 Å². The second-order valence-electron chi connectivity index (χ2n) is 5.96. The molecule has 1 heterocycles. The fourth-order valence-corrected chi connectivity index (χ4v) is 2.00. The lowest BCUT2D eigenvalue weighted by atomic mass is 9.92. The second kappa shape index (κ2) is 6.02. The van der Waals surface area contributed by atoms with Crippen molar-refractivity contribution in [3.63, 3.8) is 0 Å². The van der Waals surface area contributed by atoms with Crippen LogP contribution in [0.3, 0.4) is 0 Å². The molecule has 1 aromatic heterocycles. The van der Waals surface area contributed by atoms with Gasteiger partial charge in [-0.2, -0.15) is 10.4 Å². The summed E-state index contributed by atoms with van der Waals surface area (Å²) < 4.78 is 6.65. The number of rotatable bonds is 3. The minimum Gasteiger partial charge on any atom is -0.461 e. The molecular formula is C17H19N3O2. The Morgan fingerprint density at radius 3 is 2.68 bits per heavy atom. The number of aromatic nitrogens is 2. The van der Waals surface area contributed by atoms with Gasteiger partial charge in [0, 0.05) is 5.41 Å². The number of carbonyl (C=O) groups is 1. The number of benzene rings is 1. The van der Waals surface area contributed by atoms with E-state index in [0.717, 1.165) is 5.69 Å². The highest BCUT2D eigenvalue weighted by molar-refractivity contribution is 5.88. The van der Waals surface area contributed by atoms with Crippen molar-refractivity contribution in [2.75, 3.05) is 6.61 Å². The monoisotopic (exact) mass is 297 g/mol. The molecular weight excluding hydrogens is 278 g/mol. The van der Waals surface area contributed by atoms with E-state index in [4.69, 9.17) is 10.00 Å². The maximum Gasteiger partial charge on any atom is 0.357 e. The van der Waals surface area contributed by atoms with Gasteiger partial charge in [0.15, 0.2) is 5.69 Å². The Kier molecular flexibility index (Phi) is 4.32. The summed E-state index contributed by atoms with van der Waals surface area (Å²) in [6.45, 7) is 8.15. The van der Waals surface area contributed by atoms with Gasteiger partial charge >= 0.3 is 5.97 Å². The van der Waals surface area contributed by atoms with Gasteiger partial charge < -0.3 is 4.74 Å². The molecule has 2 rings (SSSR count). The zero-order valence-corrected chi connectivity index (χ0v) is 13.3. The van der Waals surface area contributed by atoms with Crippen LogP contribution in [-0.2, 0) is 10.2 Å². The number of hydrogen-bond donors (Lipinski definition) is 0. The van der Waals surface area contributed by atoms with Crippen molar-refractivity contribution >= 4 is 5.97 Å². The SMILES string of the molecule is CCOC(=O)c1cc(C(C)(C)C)nn1-c1cccc(C#N)c1. The van der Waals surface area contributed by atoms with Gasteiger partial charge in [-0.15, -0.1) is 0 Å². The van der Waals surface area contributed by atoms with Crippen LogP contribution in [0.15, 0.2) is 30.3 Å². The zero-order chi connectivity index (χ0) is 16.3. The minimum absolute atomic E-state index is 0.195. The molecule has 5 nitrogen and oxygen atoms in total. The molecule has 114 valence electrons. The molecule has 0 bridgehead atoms. The highest BCUT2D eigenvalue weighted by atomic mass is 16.5. The van der Waals surface area contributed by atoms with Crippen LogP contribution >= 0.6 is 0 Å². The van der Waals surface area contributed by atoms with Gasteiger partial charge in [-0.3, -0.25) is 0 Å². The Morgan fingerprint density at radius 2 is 2.09 bits per heavy atom. The molecule has 0 atom stereocenters. The van der Waals surface area contributed by atoms with Crippen LogP contribution in [-0.4, -0.2) is 22.4 Å². The van der Waals surface area contributed by atoms with Crippen molar-refractivity contribution in [2.45, 2.75) is 33.1 Å². The van der Waals surface area contributed by atoms with Crippen LogP contribution in [0.4, 0.5) is 0 Å². The average molecular weight is 297 g/mol. The first-order chi connectivity index (χ1) is 10.4. The Labute approximate surface area is 130 Å². The molecule has 0 aliphatic rings. The molecule has 5 heteroatoms. The van der Waals surface area contributed by atoms with Crippen LogP contribution in [0.5, 0.6) is 0 Å². The van der Waals surface area contributed by atoms with Gasteiger partial charge in [-0.1, -0.05) is 26.8 Å². The van der Waals surface area contributed by atoms with Gasteiger partial charge in [0.1, 0.15) is 0 Å². The maximum absolute atomic E-state index is 12.2. The smallest absolute Gasteiger partial charge is 0.357 e. The topological polar surface area (TPSA) is 67.9 Å². The molecule has 0 fully saturated rings. The molecule has 2 aromatic rings. The summed E-state index contributed by atoms with van der Waals surface area (Å²) in [6.07, 6.45) is 0. The fraction of sp³-hybridized carbons (Fsp3) is 0.353. The van der Waals surface area contributed by atoms with Crippen molar-refractivity contribution in [1.82, 2.24) is 9.78 Å². The summed E-state index contributed by atoms with van der Waals surface area (Å²) in [7, 11) is 0. The van der Waals surface area contributed by atoms with Crippen molar-refractivity contribution in [1.29, 1.82) is 5.26 Å². The van der Waals surface area contributed by atoms with Crippen LogP contribution < -0.4 is 0 Å². The molecule has 0 saturated carbocycles. The highest BCUT2D eigenvalue weighted by Gasteiger charge is 2.24. The van der Waals surface area contributed by atoms with E-state index in [9.17, 15) is 4.79 Å². The third-order valence-corrected chi connectivity index (χ3v) is 3.18. The van der Waals surface area contributed by atoms with Crippen LogP contribution in [0.2, 0.25) is 0 Å². The Balaban J connectivity index is 2.59. The largest absolute Gasteiger partial charge is 0.461 e. The molecule has 0 N–H and O–H groups in total. The maximum atomic E-state index is 12.2. The van der Waals surface area contributed by atoms with Crippen molar-refractivity contribution in [3.8, 4) is 11.8 Å². The van der Waals surface area contributed by atoms with Crippen LogP contribution in [0, 0.1) is 11.3 Å². The van der Waals surface area contributed by atoms with E-state index in [1.807, 2.05) is 26.8 Å². The highest BCUT2D eigenvalue weighted by Crippen LogP contribution is 2.24. The zero-order valence-electron chi connectivity index (χ0n) is 13.3. The van der Waals surface area contributed by atoms with Crippen LogP contribution in [0.25, 0.3) is 5.69 Å². The first-order valence-corrected chi connectivity index (χ1v) is 7.15. The van der Waals surface area contributed by atoms with Gasteiger partial charge in [0.05, 0.1) is 29.6 Å². The van der Waals surface area contributed by atoms with E-state index in [1.165, 1.54) is 0 Å². The molecule has 0 amide bonds. The second-order valence-corrected chi connectivity index (χ2v) is 5.96. The Bertz CT molecular complexity index is 733. The predicted octanol–water partition coefficient (Wildman–Crippen LogP) is 3.22. The lowest BCUT2D eigenvalue weighted by molar-refractivity contribution is 0.0515. The number of esters is 1. The van der Waals surface area contributed by atoms with Crippen molar-refractivity contribution < 1.29 is 9.53 Å². The number of nitriles is 1. The van der Waals surface area contributed by atoms with E-state index in [0.29, 0.717) is 23.6 Å².